The van der Waals surface area contributed by atoms with Crippen LogP contribution in [0.4, 0.5) is 0 Å². The number of H-pyrrole nitrogens is 1. The highest BCUT2D eigenvalue weighted by Crippen LogP contribution is 2.34. The lowest BCUT2D eigenvalue weighted by Gasteiger charge is -2.33. The first-order valence-corrected chi connectivity index (χ1v) is 7.87. The van der Waals surface area contributed by atoms with E-state index in [2.05, 4.69) is 25.9 Å². The monoisotopic (exact) mass is 321 g/mol. The number of aryl methyl sites for hydroxylation is 1. The van der Waals surface area contributed by atoms with Crippen molar-refractivity contribution in [2.75, 3.05) is 13.6 Å². The lowest BCUT2D eigenvalue weighted by molar-refractivity contribution is 0.275. The molecule has 1 saturated carbocycles. The fraction of sp³-hybridized carbons (Fsp3) is 0.700. The van der Waals surface area contributed by atoms with Crippen molar-refractivity contribution in [1.29, 1.82) is 0 Å². The third kappa shape index (κ3) is 2.71. The second kappa shape index (κ2) is 4.70. The molecular weight excluding hydrogens is 306 g/mol. The molecule has 0 bridgehead atoms. The number of aromatic amines is 1. The van der Waals surface area contributed by atoms with E-state index in [0.717, 1.165) is 12.8 Å². The summed E-state index contributed by atoms with van der Waals surface area (Å²) in [4.78, 5) is 7.24. The van der Waals surface area contributed by atoms with Crippen LogP contribution in [-0.2, 0) is 10.0 Å². The van der Waals surface area contributed by atoms with Crippen molar-refractivity contribution < 1.29 is 8.42 Å². The van der Waals surface area contributed by atoms with E-state index in [4.69, 9.17) is 0 Å². The van der Waals surface area contributed by atoms with E-state index < -0.39 is 10.0 Å². The molecule has 0 aliphatic heterocycles. The van der Waals surface area contributed by atoms with Crippen molar-refractivity contribution in [2.45, 2.75) is 29.6 Å². The second-order valence-corrected chi connectivity index (χ2v) is 7.86. The quantitative estimate of drug-likeness (QED) is 0.855. The van der Waals surface area contributed by atoms with Crippen LogP contribution in [0, 0.1) is 12.8 Å². The summed E-state index contributed by atoms with van der Waals surface area (Å²) in [5.74, 6) is 1.07. The van der Waals surface area contributed by atoms with Gasteiger partial charge in [0.05, 0.1) is 6.20 Å². The van der Waals surface area contributed by atoms with Gasteiger partial charge in [-0.1, -0.05) is 15.9 Å². The van der Waals surface area contributed by atoms with Crippen molar-refractivity contribution >= 4 is 26.0 Å². The molecule has 0 aromatic carbocycles. The first kappa shape index (κ1) is 13.0. The summed E-state index contributed by atoms with van der Waals surface area (Å²) in [5, 5.41) is 0.173. The Morgan fingerprint density at radius 3 is 2.71 bits per heavy atom. The van der Waals surface area contributed by atoms with Gasteiger partial charge in [-0.15, -0.1) is 0 Å². The third-order valence-electron chi connectivity index (χ3n) is 3.06. The molecule has 1 aliphatic carbocycles. The van der Waals surface area contributed by atoms with Gasteiger partial charge in [0.2, 0.25) is 0 Å². The third-order valence-corrected chi connectivity index (χ3v) is 5.54. The number of sulfonamides is 1. The minimum atomic E-state index is -3.41. The van der Waals surface area contributed by atoms with Crippen LogP contribution in [0.3, 0.4) is 0 Å². The molecule has 0 saturated heterocycles. The van der Waals surface area contributed by atoms with Crippen molar-refractivity contribution in [3.8, 4) is 0 Å². The summed E-state index contributed by atoms with van der Waals surface area (Å²) < 4.78 is 25.7. The molecule has 96 valence electrons. The molecule has 2 rings (SSSR count). The number of imidazole rings is 1. The minimum absolute atomic E-state index is 0.173. The predicted octanol–water partition coefficient (Wildman–Crippen LogP) is 1.51. The van der Waals surface area contributed by atoms with Gasteiger partial charge in [-0.25, -0.2) is 13.4 Å². The molecule has 0 amide bonds. The van der Waals surface area contributed by atoms with Gasteiger partial charge in [-0.2, -0.15) is 4.31 Å². The van der Waals surface area contributed by atoms with Crippen molar-refractivity contribution in [3.63, 3.8) is 0 Å². The Morgan fingerprint density at radius 2 is 2.24 bits per heavy atom. The summed E-state index contributed by atoms with van der Waals surface area (Å²) in [7, 11) is -1.79. The highest BCUT2D eigenvalue weighted by Gasteiger charge is 2.31. The average Bonchev–Trinajstić information content (AvgIpc) is 2.63. The van der Waals surface area contributed by atoms with E-state index in [1.807, 2.05) is 0 Å². The molecule has 0 atom stereocenters. The predicted molar refractivity (Wildman–Crippen MR) is 68.6 cm³/mol. The van der Waals surface area contributed by atoms with Crippen molar-refractivity contribution in [1.82, 2.24) is 14.3 Å². The Morgan fingerprint density at radius 1 is 1.59 bits per heavy atom. The average molecular weight is 322 g/mol. The number of hydrogen-bond donors (Lipinski definition) is 1. The Labute approximate surface area is 110 Å². The van der Waals surface area contributed by atoms with Crippen LogP contribution < -0.4 is 0 Å². The number of rotatable bonds is 4. The Bertz CT molecular complexity index is 493. The van der Waals surface area contributed by atoms with Gasteiger partial charge < -0.3 is 4.98 Å². The van der Waals surface area contributed by atoms with Crippen LogP contribution in [0.1, 0.15) is 18.7 Å². The maximum absolute atomic E-state index is 12.1. The van der Waals surface area contributed by atoms with E-state index in [-0.39, 0.29) is 5.03 Å². The first-order chi connectivity index (χ1) is 7.89. The van der Waals surface area contributed by atoms with Gasteiger partial charge in [0.1, 0.15) is 5.82 Å². The standard InChI is InChI=1S/C10H16BrN3O2S/c1-7-12-5-10(13-7)17(15,16)14(2)6-8-3-9(11)4-8/h5,8-9H,3-4,6H2,1-2H3,(H,12,13). The molecule has 0 radical (unpaired) electrons. The van der Waals surface area contributed by atoms with E-state index >= 15 is 0 Å². The maximum atomic E-state index is 12.1. The zero-order valence-electron chi connectivity index (χ0n) is 9.85. The van der Waals surface area contributed by atoms with Crippen molar-refractivity contribution in [3.05, 3.63) is 12.0 Å². The van der Waals surface area contributed by atoms with Crippen LogP contribution >= 0.6 is 15.9 Å². The SMILES string of the molecule is Cc1ncc(S(=O)(=O)N(C)CC2CC(Br)C2)[nH]1. The zero-order valence-corrected chi connectivity index (χ0v) is 12.3. The Balaban J connectivity index is 2.05. The largest absolute Gasteiger partial charge is 0.332 e. The maximum Gasteiger partial charge on any atom is 0.259 e. The molecule has 7 heteroatoms. The molecule has 1 aromatic rings. The Hall–Kier alpha value is -0.400. The minimum Gasteiger partial charge on any atom is -0.332 e. The van der Waals surface area contributed by atoms with Crippen LogP contribution in [0.5, 0.6) is 0 Å². The summed E-state index contributed by atoms with van der Waals surface area (Å²) in [6.45, 7) is 2.31. The van der Waals surface area contributed by atoms with Gasteiger partial charge in [0.25, 0.3) is 10.0 Å². The van der Waals surface area contributed by atoms with Gasteiger partial charge >= 0.3 is 0 Å². The van der Waals surface area contributed by atoms with Gasteiger partial charge in [-0.05, 0) is 25.7 Å². The van der Waals surface area contributed by atoms with E-state index in [9.17, 15) is 8.42 Å². The number of nitrogens with one attached hydrogen (secondary N) is 1. The fourth-order valence-electron chi connectivity index (χ4n) is 1.96. The number of hydrogen-bond acceptors (Lipinski definition) is 3. The van der Waals surface area contributed by atoms with Crippen LogP contribution in [0.25, 0.3) is 0 Å². The number of halogens is 1. The zero-order chi connectivity index (χ0) is 12.6. The Kier molecular flexibility index (Phi) is 3.61. The number of nitrogens with zero attached hydrogens (tertiary/aromatic N) is 2. The number of aromatic nitrogens is 2. The fourth-order valence-corrected chi connectivity index (χ4v) is 4.23. The molecule has 0 unspecified atom stereocenters. The van der Waals surface area contributed by atoms with Crippen molar-refractivity contribution in [2.24, 2.45) is 5.92 Å². The molecule has 1 N–H and O–H groups in total. The summed E-state index contributed by atoms with van der Waals surface area (Å²) in [5.41, 5.74) is 0. The summed E-state index contributed by atoms with van der Waals surface area (Å²) in [6, 6.07) is 0. The van der Waals surface area contributed by atoms with E-state index in [1.54, 1.807) is 14.0 Å². The van der Waals surface area contributed by atoms with Gasteiger partial charge in [0, 0.05) is 18.4 Å². The second-order valence-electron chi connectivity index (χ2n) is 4.55. The van der Waals surface area contributed by atoms with Gasteiger partial charge in [0.15, 0.2) is 5.03 Å². The molecule has 1 fully saturated rings. The highest BCUT2D eigenvalue weighted by atomic mass is 79.9. The van der Waals surface area contributed by atoms with Gasteiger partial charge in [-0.3, -0.25) is 0 Å². The molecular formula is C10H16BrN3O2S. The smallest absolute Gasteiger partial charge is 0.259 e. The molecule has 5 nitrogen and oxygen atoms in total. The normalized spacial score (nSPS) is 24.9. The molecule has 17 heavy (non-hydrogen) atoms. The summed E-state index contributed by atoms with van der Waals surface area (Å²) >= 11 is 3.51. The molecule has 0 spiro atoms. The molecule has 1 aromatic heterocycles. The summed E-state index contributed by atoms with van der Waals surface area (Å²) in [6.07, 6.45) is 3.46. The lowest BCUT2D eigenvalue weighted by Crippen LogP contribution is -2.37. The van der Waals surface area contributed by atoms with E-state index in [0.29, 0.717) is 23.1 Å². The highest BCUT2D eigenvalue weighted by molar-refractivity contribution is 9.09. The lowest BCUT2D eigenvalue weighted by atomic mass is 9.85. The van der Waals surface area contributed by atoms with Crippen LogP contribution in [0.15, 0.2) is 11.2 Å². The molecule has 1 heterocycles. The number of alkyl halides is 1. The molecule has 1 aliphatic rings. The van der Waals surface area contributed by atoms with Crippen LogP contribution in [-0.4, -0.2) is 41.1 Å². The first-order valence-electron chi connectivity index (χ1n) is 5.51. The van der Waals surface area contributed by atoms with E-state index in [1.165, 1.54) is 10.5 Å². The topological polar surface area (TPSA) is 66.1 Å². The van der Waals surface area contributed by atoms with Crippen LogP contribution in [0.2, 0.25) is 0 Å².